The van der Waals surface area contributed by atoms with E-state index in [-0.39, 0.29) is 0 Å². The van der Waals surface area contributed by atoms with Gasteiger partial charge in [-0.3, -0.25) is 0 Å². The van der Waals surface area contributed by atoms with E-state index in [1.807, 2.05) is 24.3 Å². The molecule has 2 heteroatoms. The van der Waals surface area contributed by atoms with Crippen molar-refractivity contribution in [2.24, 2.45) is 0 Å². The second kappa shape index (κ2) is 4.18. The summed E-state index contributed by atoms with van der Waals surface area (Å²) in [5, 5.41) is 2.27. The summed E-state index contributed by atoms with van der Waals surface area (Å²) in [5.41, 5.74) is 4.67. The van der Waals surface area contributed by atoms with Crippen molar-refractivity contribution >= 4 is 10.8 Å². The maximum Gasteiger partial charge on any atom is 0.136 e. The van der Waals surface area contributed by atoms with Gasteiger partial charge >= 0.3 is 0 Å². The molecule has 0 N–H and O–H groups in total. The molecule has 0 saturated carbocycles. The zero-order valence-electron chi connectivity index (χ0n) is 12.7. The van der Waals surface area contributed by atoms with Gasteiger partial charge in [0.15, 0.2) is 0 Å². The molecule has 24 heavy (non-hydrogen) atoms. The molecule has 0 spiro atoms. The molecule has 2 heterocycles. The van der Waals surface area contributed by atoms with Gasteiger partial charge in [0.1, 0.15) is 23.0 Å². The van der Waals surface area contributed by atoms with E-state index in [4.69, 9.17) is 9.47 Å². The van der Waals surface area contributed by atoms with Crippen molar-refractivity contribution in [1.82, 2.24) is 0 Å². The van der Waals surface area contributed by atoms with Gasteiger partial charge in [-0.15, -0.1) is 0 Å². The number of fused-ring (bicyclic) bond motifs is 4. The molecule has 0 amide bonds. The van der Waals surface area contributed by atoms with E-state index in [0.29, 0.717) is 0 Å². The highest BCUT2D eigenvalue weighted by Crippen LogP contribution is 2.54. The van der Waals surface area contributed by atoms with Gasteiger partial charge in [-0.2, -0.15) is 0 Å². The van der Waals surface area contributed by atoms with E-state index in [0.717, 1.165) is 44.9 Å². The van der Waals surface area contributed by atoms with Crippen molar-refractivity contribution in [2.75, 3.05) is 0 Å². The van der Waals surface area contributed by atoms with Crippen LogP contribution in [0.25, 0.3) is 33.0 Å². The highest BCUT2D eigenvalue weighted by Gasteiger charge is 2.27. The fourth-order valence-electron chi connectivity index (χ4n) is 3.84. The molecule has 4 aromatic rings. The van der Waals surface area contributed by atoms with Gasteiger partial charge in [0.05, 0.1) is 0 Å². The SMILES string of the molecule is c1ccc2c(c1)Oc1ccc3c4c(ccc-2c14)Oc1ccccc1-3. The van der Waals surface area contributed by atoms with Crippen LogP contribution in [0, 0.1) is 0 Å². The molecule has 112 valence electrons. The average molecular weight is 308 g/mol. The van der Waals surface area contributed by atoms with Crippen LogP contribution in [0.4, 0.5) is 0 Å². The Morgan fingerprint density at radius 2 is 0.833 bits per heavy atom. The number of ether oxygens (including phenoxy) is 2. The van der Waals surface area contributed by atoms with Crippen LogP contribution in [0.2, 0.25) is 0 Å². The van der Waals surface area contributed by atoms with E-state index >= 15 is 0 Å². The first kappa shape index (κ1) is 12.2. The van der Waals surface area contributed by atoms with Crippen molar-refractivity contribution in [1.29, 1.82) is 0 Å². The summed E-state index contributed by atoms with van der Waals surface area (Å²) in [6.45, 7) is 0. The van der Waals surface area contributed by atoms with Crippen LogP contribution in [0.1, 0.15) is 0 Å². The summed E-state index contributed by atoms with van der Waals surface area (Å²) < 4.78 is 12.3. The lowest BCUT2D eigenvalue weighted by Gasteiger charge is -2.27. The van der Waals surface area contributed by atoms with E-state index in [2.05, 4.69) is 48.5 Å². The van der Waals surface area contributed by atoms with E-state index < -0.39 is 0 Å². The molecule has 0 fully saturated rings. The zero-order valence-corrected chi connectivity index (χ0v) is 12.7. The van der Waals surface area contributed by atoms with E-state index in [1.54, 1.807) is 0 Å². The van der Waals surface area contributed by atoms with Crippen molar-refractivity contribution < 1.29 is 9.47 Å². The summed E-state index contributed by atoms with van der Waals surface area (Å²) in [4.78, 5) is 0. The van der Waals surface area contributed by atoms with Gasteiger partial charge in [-0.25, -0.2) is 0 Å². The van der Waals surface area contributed by atoms with Crippen molar-refractivity contribution in [3.05, 3.63) is 72.8 Å². The fraction of sp³-hybridized carbons (Fsp3) is 0. The van der Waals surface area contributed by atoms with E-state index in [1.165, 1.54) is 11.1 Å². The molecule has 2 nitrogen and oxygen atoms in total. The maximum absolute atomic E-state index is 6.16. The predicted octanol–water partition coefficient (Wildman–Crippen LogP) is 6.39. The Hall–Kier alpha value is -3.26. The number of rotatable bonds is 0. The molecule has 0 aliphatic carbocycles. The van der Waals surface area contributed by atoms with Gasteiger partial charge in [0, 0.05) is 21.9 Å². The van der Waals surface area contributed by atoms with Crippen LogP contribution in [0.3, 0.4) is 0 Å². The van der Waals surface area contributed by atoms with Crippen molar-refractivity contribution in [2.45, 2.75) is 0 Å². The van der Waals surface area contributed by atoms with Gasteiger partial charge in [-0.1, -0.05) is 36.4 Å². The lowest BCUT2D eigenvalue weighted by atomic mass is 9.88. The molecular formula is C22H12O2. The fourth-order valence-corrected chi connectivity index (χ4v) is 3.84. The Bertz CT molecular complexity index is 1070. The first-order valence-corrected chi connectivity index (χ1v) is 8.04. The molecule has 0 atom stereocenters. The molecule has 2 aliphatic heterocycles. The molecular weight excluding hydrogens is 296 g/mol. The highest BCUT2D eigenvalue weighted by atomic mass is 16.5. The Kier molecular flexibility index (Phi) is 2.12. The minimum atomic E-state index is 0.896. The smallest absolute Gasteiger partial charge is 0.136 e. The van der Waals surface area contributed by atoms with Crippen LogP contribution in [-0.2, 0) is 0 Å². The summed E-state index contributed by atoms with van der Waals surface area (Å²) >= 11 is 0. The van der Waals surface area contributed by atoms with Gasteiger partial charge in [0.25, 0.3) is 0 Å². The number of hydrogen-bond donors (Lipinski definition) is 0. The molecule has 0 aromatic heterocycles. The summed E-state index contributed by atoms with van der Waals surface area (Å²) in [7, 11) is 0. The lowest BCUT2D eigenvalue weighted by molar-refractivity contribution is 0.480. The quantitative estimate of drug-likeness (QED) is 0.324. The second-order valence-corrected chi connectivity index (χ2v) is 6.17. The Balaban J connectivity index is 1.80. The van der Waals surface area contributed by atoms with Crippen LogP contribution in [-0.4, -0.2) is 0 Å². The molecule has 0 unspecified atom stereocenters. The number of benzene rings is 4. The molecule has 0 bridgehead atoms. The third-order valence-corrected chi connectivity index (χ3v) is 4.88. The van der Waals surface area contributed by atoms with Crippen LogP contribution in [0.5, 0.6) is 23.0 Å². The monoisotopic (exact) mass is 308 g/mol. The topological polar surface area (TPSA) is 18.5 Å². The van der Waals surface area contributed by atoms with Crippen molar-refractivity contribution in [3.8, 4) is 45.3 Å². The van der Waals surface area contributed by atoms with Gasteiger partial charge < -0.3 is 9.47 Å². The Labute approximate surface area is 138 Å². The third kappa shape index (κ3) is 1.41. The predicted molar refractivity (Wildman–Crippen MR) is 95.0 cm³/mol. The molecule has 4 aromatic carbocycles. The number of hydrogen-bond acceptors (Lipinski definition) is 2. The van der Waals surface area contributed by atoms with Crippen LogP contribution < -0.4 is 9.47 Å². The Morgan fingerprint density at radius 3 is 1.33 bits per heavy atom. The molecule has 6 rings (SSSR count). The minimum absolute atomic E-state index is 0.896. The van der Waals surface area contributed by atoms with Gasteiger partial charge in [-0.05, 0) is 47.5 Å². The first-order chi connectivity index (χ1) is 11.9. The largest absolute Gasteiger partial charge is 0.456 e. The standard InChI is InChI=1S/C22H12O2/c1-3-7-17-13(5-1)15-9-11-20-22-16(10-12-19(23-17)21(15)22)14-6-2-4-8-18(14)24-20/h1-12H. The minimum Gasteiger partial charge on any atom is -0.456 e. The zero-order chi connectivity index (χ0) is 15.7. The highest BCUT2D eigenvalue weighted by molar-refractivity contribution is 6.14. The second-order valence-electron chi connectivity index (χ2n) is 6.17. The number of para-hydroxylation sites is 2. The average Bonchev–Trinajstić information content (AvgIpc) is 2.65. The van der Waals surface area contributed by atoms with E-state index in [9.17, 15) is 0 Å². The van der Waals surface area contributed by atoms with Crippen LogP contribution >= 0.6 is 0 Å². The third-order valence-electron chi connectivity index (χ3n) is 4.88. The van der Waals surface area contributed by atoms with Crippen LogP contribution in [0.15, 0.2) is 72.8 Å². The summed E-state index contributed by atoms with van der Waals surface area (Å²) in [6.07, 6.45) is 0. The molecule has 0 saturated heterocycles. The van der Waals surface area contributed by atoms with Gasteiger partial charge in [0.2, 0.25) is 0 Å². The summed E-state index contributed by atoms with van der Waals surface area (Å²) in [5.74, 6) is 3.61. The summed E-state index contributed by atoms with van der Waals surface area (Å²) in [6, 6.07) is 24.8. The lowest BCUT2D eigenvalue weighted by Crippen LogP contribution is -2.02. The van der Waals surface area contributed by atoms with Crippen molar-refractivity contribution in [3.63, 3.8) is 0 Å². The first-order valence-electron chi connectivity index (χ1n) is 8.04. The molecule has 2 aliphatic rings. The molecule has 0 radical (unpaired) electrons. The normalized spacial score (nSPS) is 12.8. The maximum atomic E-state index is 6.16. The Morgan fingerprint density at radius 1 is 0.375 bits per heavy atom.